The van der Waals surface area contributed by atoms with Crippen molar-refractivity contribution in [1.82, 2.24) is 5.32 Å². The minimum absolute atomic E-state index is 0.235. The Balaban J connectivity index is 1.38. The molecule has 0 spiro atoms. The normalized spacial score (nSPS) is 26.9. The second kappa shape index (κ2) is 60.3. The smallest absolute Gasteiger partial charge is 0.220 e. The Morgan fingerprint density at radius 3 is 1.02 bits per heavy atom. The van der Waals surface area contributed by atoms with E-state index < -0.39 is 124 Å². The summed E-state index contributed by atoms with van der Waals surface area (Å²) >= 11 is 0. The van der Waals surface area contributed by atoms with Crippen LogP contribution in [0, 0.1) is 0 Å². The first kappa shape index (κ1) is 90.2. The number of carbonyl (C=O) groups is 1. The average molecular weight is 1400 g/mol. The number of ether oxygens (including phenoxy) is 6. The Labute approximate surface area is 593 Å². The van der Waals surface area contributed by atoms with Gasteiger partial charge in [-0.05, 0) is 57.8 Å². The molecule has 17 unspecified atom stereocenters. The predicted octanol–water partition coefficient (Wildman–Crippen LogP) is 13.1. The van der Waals surface area contributed by atoms with Crippen molar-refractivity contribution in [3.05, 3.63) is 36.5 Å². The Morgan fingerprint density at radius 1 is 0.357 bits per heavy atom. The lowest BCUT2D eigenvalue weighted by molar-refractivity contribution is -0.379. The summed E-state index contributed by atoms with van der Waals surface area (Å²) in [7, 11) is 0. The molecule has 0 radical (unpaired) electrons. The maximum atomic E-state index is 13.4. The molecule has 0 saturated carbocycles. The fourth-order valence-electron chi connectivity index (χ4n) is 13.7. The van der Waals surface area contributed by atoms with Gasteiger partial charge in [-0.15, -0.1) is 0 Å². The highest BCUT2D eigenvalue weighted by atomic mass is 16.8. The van der Waals surface area contributed by atoms with Gasteiger partial charge in [-0.25, -0.2) is 0 Å². The monoisotopic (exact) mass is 1400 g/mol. The molecule has 17 atom stereocenters. The summed E-state index contributed by atoms with van der Waals surface area (Å²) in [5.74, 6) is -0.283. The van der Waals surface area contributed by atoms with E-state index in [4.69, 9.17) is 28.4 Å². The number of allylic oxidation sites excluding steroid dienone is 5. The molecule has 0 aromatic carbocycles. The lowest BCUT2D eigenvalue weighted by atomic mass is 9.96. The molecule has 19 nitrogen and oxygen atoms in total. The van der Waals surface area contributed by atoms with Crippen LogP contribution in [0.5, 0.6) is 0 Å². The van der Waals surface area contributed by atoms with Crippen LogP contribution in [0.4, 0.5) is 0 Å². The fourth-order valence-corrected chi connectivity index (χ4v) is 13.7. The van der Waals surface area contributed by atoms with Crippen molar-refractivity contribution in [3.8, 4) is 0 Å². The topological polar surface area (TPSA) is 307 Å². The van der Waals surface area contributed by atoms with Crippen LogP contribution in [-0.2, 0) is 33.2 Å². The number of aliphatic hydroxyl groups excluding tert-OH is 11. The predicted molar refractivity (Wildman–Crippen MR) is 388 cm³/mol. The van der Waals surface area contributed by atoms with Crippen LogP contribution in [0.15, 0.2) is 36.5 Å². The van der Waals surface area contributed by atoms with Gasteiger partial charge in [0.05, 0.1) is 38.6 Å². The van der Waals surface area contributed by atoms with Gasteiger partial charge in [0.2, 0.25) is 5.91 Å². The summed E-state index contributed by atoms with van der Waals surface area (Å²) in [4.78, 5) is 13.4. The average Bonchev–Trinajstić information content (AvgIpc) is 0.784. The van der Waals surface area contributed by atoms with E-state index in [1.165, 1.54) is 250 Å². The van der Waals surface area contributed by atoms with Gasteiger partial charge in [-0.3, -0.25) is 4.79 Å². The van der Waals surface area contributed by atoms with Crippen LogP contribution < -0.4 is 5.32 Å². The molecule has 98 heavy (non-hydrogen) atoms. The van der Waals surface area contributed by atoms with Crippen LogP contribution in [0.2, 0.25) is 0 Å². The van der Waals surface area contributed by atoms with Crippen molar-refractivity contribution in [2.45, 2.75) is 433 Å². The summed E-state index contributed by atoms with van der Waals surface area (Å²) in [6, 6.07) is -0.992. The lowest BCUT2D eigenvalue weighted by Gasteiger charge is -2.48. The highest BCUT2D eigenvalue weighted by Crippen LogP contribution is 2.33. The summed E-state index contributed by atoms with van der Waals surface area (Å²) in [5.41, 5.74) is 0. The third-order valence-electron chi connectivity index (χ3n) is 20.2. The maximum absolute atomic E-state index is 13.4. The van der Waals surface area contributed by atoms with Crippen molar-refractivity contribution in [2.75, 3.05) is 26.4 Å². The molecule has 12 N–H and O–H groups in total. The third-order valence-corrected chi connectivity index (χ3v) is 20.2. The molecule has 0 aliphatic carbocycles. The fraction of sp³-hybridized carbons (Fsp3) is 0.911. The number of amides is 1. The molecule has 3 aliphatic rings. The molecule has 0 bridgehead atoms. The van der Waals surface area contributed by atoms with Crippen molar-refractivity contribution in [1.29, 1.82) is 0 Å². The van der Waals surface area contributed by atoms with Crippen LogP contribution in [0.25, 0.3) is 0 Å². The Bertz CT molecular complexity index is 1910. The summed E-state index contributed by atoms with van der Waals surface area (Å²) < 4.78 is 34.4. The van der Waals surface area contributed by atoms with Gasteiger partial charge in [0.25, 0.3) is 0 Å². The van der Waals surface area contributed by atoms with Crippen LogP contribution >= 0.6 is 0 Å². The number of nitrogens with one attached hydrogen (secondary N) is 1. The number of aliphatic hydroxyl groups is 11. The molecule has 19 heteroatoms. The molecule has 0 aromatic rings. The highest BCUT2D eigenvalue weighted by molar-refractivity contribution is 5.76. The zero-order valence-corrected chi connectivity index (χ0v) is 61.5. The van der Waals surface area contributed by atoms with E-state index in [0.717, 1.165) is 44.9 Å². The zero-order chi connectivity index (χ0) is 71.1. The number of hydrogen-bond donors (Lipinski definition) is 12. The minimum Gasteiger partial charge on any atom is -0.394 e. The molecular formula is C79H147NO18. The number of carbonyl (C=O) groups excluding carboxylic acids is 1. The van der Waals surface area contributed by atoms with Gasteiger partial charge in [0.15, 0.2) is 18.9 Å². The second-order valence-corrected chi connectivity index (χ2v) is 28.9. The minimum atomic E-state index is -1.98. The van der Waals surface area contributed by atoms with E-state index in [1.54, 1.807) is 6.08 Å². The van der Waals surface area contributed by atoms with Gasteiger partial charge < -0.3 is 89.9 Å². The Morgan fingerprint density at radius 2 is 0.653 bits per heavy atom. The summed E-state index contributed by atoms with van der Waals surface area (Å²) in [6.45, 7) is 1.76. The standard InChI is InChI=1S/C79H147NO18/c1-3-5-7-9-11-13-15-17-19-21-23-25-26-27-28-29-30-31-32-33-34-35-37-38-40-42-44-46-48-50-52-54-56-63(84)62(80-67(85)57-55-53-51-49-47-45-43-41-39-36-24-22-20-18-16-14-12-10-8-6-4-2)61-93-77-73(91)70(88)75(65(59-82)95-77)98-79-74(92)71(89)76(66(60-83)96-79)97-78-72(90)69(87)68(86)64(58-81)94-78/h22,24,46,48,54,56,62-66,68-79,81-84,86-92H,3-21,23,25-45,47,49-53,55,57-61H2,1-2H3,(H,80,85)/b24-22-,48-46+,56-54+. The van der Waals surface area contributed by atoms with Gasteiger partial charge in [0.1, 0.15) is 73.2 Å². The molecule has 576 valence electrons. The van der Waals surface area contributed by atoms with E-state index in [1.807, 2.05) is 6.08 Å². The first-order valence-corrected chi connectivity index (χ1v) is 40.2. The molecule has 3 heterocycles. The van der Waals surface area contributed by atoms with E-state index >= 15 is 0 Å². The third kappa shape index (κ3) is 40.3. The van der Waals surface area contributed by atoms with Crippen molar-refractivity contribution >= 4 is 5.91 Å². The molecule has 3 saturated heterocycles. The molecule has 1 amide bonds. The zero-order valence-electron chi connectivity index (χ0n) is 61.5. The second-order valence-electron chi connectivity index (χ2n) is 28.9. The first-order chi connectivity index (χ1) is 47.8. The van der Waals surface area contributed by atoms with Gasteiger partial charge >= 0.3 is 0 Å². The van der Waals surface area contributed by atoms with Crippen LogP contribution in [0.3, 0.4) is 0 Å². The van der Waals surface area contributed by atoms with E-state index in [-0.39, 0.29) is 18.9 Å². The Kier molecular flexibility index (Phi) is 55.5. The summed E-state index contributed by atoms with van der Waals surface area (Å²) in [5, 5.41) is 121. The van der Waals surface area contributed by atoms with Crippen molar-refractivity contribution < 1.29 is 89.4 Å². The number of unbranched alkanes of at least 4 members (excludes halogenated alkanes) is 44. The van der Waals surface area contributed by atoms with Crippen molar-refractivity contribution in [2.24, 2.45) is 0 Å². The molecule has 0 aromatic heterocycles. The van der Waals surface area contributed by atoms with E-state index in [2.05, 4.69) is 43.5 Å². The molecule has 3 aliphatic heterocycles. The quantitative estimate of drug-likeness (QED) is 0.0199. The molecular weight excluding hydrogens is 1250 g/mol. The lowest BCUT2D eigenvalue weighted by Crippen LogP contribution is -2.66. The first-order valence-electron chi connectivity index (χ1n) is 40.2. The highest BCUT2D eigenvalue weighted by Gasteiger charge is 2.54. The van der Waals surface area contributed by atoms with Crippen LogP contribution in [-0.4, -0.2) is 193 Å². The summed E-state index contributed by atoms with van der Waals surface area (Å²) in [6.07, 6.45) is 47.2. The van der Waals surface area contributed by atoms with E-state index in [9.17, 15) is 61.0 Å². The van der Waals surface area contributed by atoms with Gasteiger partial charge in [-0.2, -0.15) is 0 Å². The van der Waals surface area contributed by atoms with Crippen LogP contribution in [0.1, 0.15) is 328 Å². The van der Waals surface area contributed by atoms with E-state index in [0.29, 0.717) is 12.8 Å². The Hall–Kier alpha value is -1.99. The van der Waals surface area contributed by atoms with Gasteiger partial charge in [0, 0.05) is 6.42 Å². The number of rotatable bonds is 64. The van der Waals surface area contributed by atoms with Gasteiger partial charge in [-0.1, -0.05) is 301 Å². The number of hydrogen-bond acceptors (Lipinski definition) is 18. The largest absolute Gasteiger partial charge is 0.394 e. The molecule has 3 fully saturated rings. The maximum Gasteiger partial charge on any atom is 0.220 e. The SMILES string of the molecule is CCCCCCCCCC/C=C\CCCCCCCCCCCC(=O)NC(COC1OC(CO)C(OC2OC(CO)C(OC3OC(CO)C(O)C(O)C3O)C(O)C2O)C(O)C1O)C(O)/C=C/CC/C=C/CCCCCCCCCCCCCCCCCCCCCCCCCCCC. The van der Waals surface area contributed by atoms with Crippen molar-refractivity contribution in [3.63, 3.8) is 0 Å². The molecule has 3 rings (SSSR count).